The number of methoxy groups -OCH3 is 1. The maximum absolute atomic E-state index is 12.9. The van der Waals surface area contributed by atoms with Crippen LogP contribution in [0.4, 0.5) is 0 Å². The van der Waals surface area contributed by atoms with Crippen LogP contribution in [0.25, 0.3) is 0 Å². The van der Waals surface area contributed by atoms with Gasteiger partial charge in [0.25, 0.3) is 5.91 Å². The van der Waals surface area contributed by atoms with Crippen molar-refractivity contribution in [2.75, 3.05) is 7.11 Å². The number of hydrogen-bond acceptors (Lipinski definition) is 3. The predicted octanol–water partition coefficient (Wildman–Crippen LogP) is 2.82. The van der Waals surface area contributed by atoms with E-state index in [4.69, 9.17) is 4.74 Å². The predicted molar refractivity (Wildman–Crippen MR) is 90.1 cm³/mol. The molecule has 0 bridgehead atoms. The number of aromatic nitrogens is 1. The normalized spacial score (nSPS) is 32.1. The fourth-order valence-electron chi connectivity index (χ4n) is 5.30. The summed E-state index contributed by atoms with van der Waals surface area (Å²) in [5, 5.41) is 0. The smallest absolute Gasteiger partial charge is 0.255 e. The zero-order chi connectivity index (χ0) is 16.5. The Labute approximate surface area is 141 Å². The standard InChI is InChI=1S/C20H20N2O2/c1-20-10-17-18(20)16(8-12-5-6-14(24-2)9-15(12)20)22(17)19(23)13-4-3-7-21-11-13/h3-7,9,11,16-18H,8,10H2,1-2H3/t16-,17?,18-,20+/m1/s1. The minimum absolute atomic E-state index is 0.133. The number of pyridine rings is 1. The first-order chi connectivity index (χ1) is 11.6. The molecule has 1 aliphatic heterocycles. The van der Waals surface area contributed by atoms with Crippen LogP contribution in [0.1, 0.15) is 34.8 Å². The molecular formula is C20H20N2O2. The van der Waals surface area contributed by atoms with E-state index in [1.807, 2.05) is 18.2 Å². The molecule has 2 aliphatic carbocycles. The molecule has 24 heavy (non-hydrogen) atoms. The van der Waals surface area contributed by atoms with Crippen molar-refractivity contribution >= 4 is 5.91 Å². The zero-order valence-corrected chi connectivity index (χ0v) is 13.9. The summed E-state index contributed by atoms with van der Waals surface area (Å²) in [4.78, 5) is 19.1. The van der Waals surface area contributed by atoms with Crippen LogP contribution in [0, 0.1) is 5.92 Å². The van der Waals surface area contributed by atoms with Crippen LogP contribution in [0.3, 0.4) is 0 Å². The number of ether oxygens (including phenoxy) is 1. The summed E-state index contributed by atoms with van der Waals surface area (Å²) in [5.41, 5.74) is 3.67. The summed E-state index contributed by atoms with van der Waals surface area (Å²) in [7, 11) is 1.72. The van der Waals surface area contributed by atoms with Crippen LogP contribution in [0.5, 0.6) is 5.75 Å². The maximum atomic E-state index is 12.9. The van der Waals surface area contributed by atoms with Gasteiger partial charge in [0.05, 0.1) is 12.7 Å². The van der Waals surface area contributed by atoms with E-state index in [2.05, 4.69) is 28.9 Å². The fraction of sp³-hybridized carbons (Fsp3) is 0.400. The number of nitrogens with zero attached hydrogens (tertiary/aromatic N) is 2. The van der Waals surface area contributed by atoms with Gasteiger partial charge < -0.3 is 9.64 Å². The molecule has 2 heterocycles. The van der Waals surface area contributed by atoms with Crippen LogP contribution in [-0.4, -0.2) is 35.0 Å². The lowest BCUT2D eigenvalue weighted by Crippen LogP contribution is -2.80. The maximum Gasteiger partial charge on any atom is 0.255 e. The lowest BCUT2D eigenvalue weighted by molar-refractivity contribution is -0.155. The minimum atomic E-state index is 0.133. The van der Waals surface area contributed by atoms with E-state index in [0.29, 0.717) is 23.6 Å². The molecule has 0 radical (unpaired) electrons. The first kappa shape index (κ1) is 14.0. The van der Waals surface area contributed by atoms with Gasteiger partial charge in [-0.05, 0) is 48.2 Å². The van der Waals surface area contributed by atoms with Crippen LogP contribution in [0.2, 0.25) is 0 Å². The number of benzene rings is 1. The molecule has 1 aromatic carbocycles. The number of fused-ring (bicyclic) bond motifs is 2. The van der Waals surface area contributed by atoms with Gasteiger partial charge in [0.1, 0.15) is 5.75 Å². The molecule has 1 saturated heterocycles. The Bertz CT molecular complexity index is 835. The van der Waals surface area contributed by atoms with Gasteiger partial charge in [0.2, 0.25) is 0 Å². The fourth-order valence-corrected chi connectivity index (χ4v) is 5.30. The molecule has 1 amide bonds. The molecule has 4 nitrogen and oxygen atoms in total. The highest BCUT2D eigenvalue weighted by Crippen LogP contribution is 2.64. The molecule has 2 aromatic rings. The van der Waals surface area contributed by atoms with Crippen molar-refractivity contribution in [2.45, 2.75) is 37.3 Å². The van der Waals surface area contributed by atoms with E-state index in [1.54, 1.807) is 19.5 Å². The number of carbonyl (C=O) groups excluding carboxylic acids is 1. The van der Waals surface area contributed by atoms with Crippen molar-refractivity contribution in [2.24, 2.45) is 5.92 Å². The highest BCUT2D eigenvalue weighted by molar-refractivity contribution is 5.95. The molecule has 5 rings (SSSR count). The van der Waals surface area contributed by atoms with E-state index in [-0.39, 0.29) is 11.3 Å². The summed E-state index contributed by atoms with van der Waals surface area (Å²) in [6.45, 7) is 2.35. The Hall–Kier alpha value is -2.36. The third-order valence-corrected chi connectivity index (χ3v) is 6.42. The van der Waals surface area contributed by atoms with E-state index in [9.17, 15) is 4.79 Å². The van der Waals surface area contributed by atoms with Crippen LogP contribution < -0.4 is 4.74 Å². The van der Waals surface area contributed by atoms with Crippen LogP contribution >= 0.6 is 0 Å². The molecule has 3 aliphatic rings. The Morgan fingerprint density at radius 1 is 1.33 bits per heavy atom. The van der Waals surface area contributed by atoms with Gasteiger partial charge in [-0.15, -0.1) is 0 Å². The molecule has 1 unspecified atom stereocenters. The first-order valence-electron chi connectivity index (χ1n) is 8.53. The molecule has 122 valence electrons. The van der Waals surface area contributed by atoms with Gasteiger partial charge in [-0.3, -0.25) is 9.78 Å². The third-order valence-electron chi connectivity index (χ3n) is 6.42. The van der Waals surface area contributed by atoms with E-state index in [0.717, 1.165) is 18.6 Å². The highest BCUT2D eigenvalue weighted by Gasteiger charge is 2.69. The quantitative estimate of drug-likeness (QED) is 0.854. The average molecular weight is 320 g/mol. The summed E-state index contributed by atoms with van der Waals surface area (Å²) in [5.74, 6) is 1.64. The zero-order valence-electron chi connectivity index (χ0n) is 13.9. The second-order valence-corrected chi connectivity index (χ2v) is 7.46. The Kier molecular flexibility index (Phi) is 2.68. The van der Waals surface area contributed by atoms with Crippen molar-refractivity contribution in [3.05, 3.63) is 59.4 Å². The average Bonchev–Trinajstić information content (AvgIpc) is 2.59. The number of hydrogen-bond donors (Lipinski definition) is 0. The minimum Gasteiger partial charge on any atom is -0.497 e. The number of amides is 1. The number of rotatable bonds is 2. The van der Waals surface area contributed by atoms with Gasteiger partial charge in [-0.25, -0.2) is 0 Å². The van der Waals surface area contributed by atoms with Crippen molar-refractivity contribution in [1.29, 1.82) is 0 Å². The van der Waals surface area contributed by atoms with Crippen molar-refractivity contribution in [1.82, 2.24) is 9.88 Å². The van der Waals surface area contributed by atoms with Crippen molar-refractivity contribution < 1.29 is 9.53 Å². The van der Waals surface area contributed by atoms with E-state index in [1.165, 1.54) is 11.1 Å². The second-order valence-electron chi connectivity index (χ2n) is 7.46. The van der Waals surface area contributed by atoms with Gasteiger partial charge in [0.15, 0.2) is 0 Å². The van der Waals surface area contributed by atoms with Gasteiger partial charge in [0, 0.05) is 35.8 Å². The summed E-state index contributed by atoms with van der Waals surface area (Å²) >= 11 is 0. The third kappa shape index (κ3) is 1.58. The van der Waals surface area contributed by atoms with Gasteiger partial charge >= 0.3 is 0 Å². The number of piperidine rings is 1. The van der Waals surface area contributed by atoms with Crippen molar-refractivity contribution in [3.8, 4) is 5.75 Å². The molecule has 4 atom stereocenters. The molecule has 0 spiro atoms. The van der Waals surface area contributed by atoms with Gasteiger partial charge in [-0.1, -0.05) is 13.0 Å². The SMILES string of the molecule is COc1ccc2c(c1)[C@]1(C)CC3[C@H]1[C@@H](C2)N3C(=O)c1cccnc1. The molecule has 1 saturated carbocycles. The second kappa shape index (κ2) is 4.59. The topological polar surface area (TPSA) is 42.4 Å². The van der Waals surface area contributed by atoms with Crippen LogP contribution in [0.15, 0.2) is 42.7 Å². The summed E-state index contributed by atoms with van der Waals surface area (Å²) in [6.07, 6.45) is 5.37. The first-order valence-corrected chi connectivity index (χ1v) is 8.53. The van der Waals surface area contributed by atoms with Gasteiger partial charge in [-0.2, -0.15) is 0 Å². The Balaban J connectivity index is 1.50. The van der Waals surface area contributed by atoms with E-state index >= 15 is 0 Å². The lowest BCUT2D eigenvalue weighted by Gasteiger charge is -2.72. The summed E-state index contributed by atoms with van der Waals surface area (Å²) in [6, 6.07) is 10.8. The largest absolute Gasteiger partial charge is 0.497 e. The molecule has 0 N–H and O–H groups in total. The molecule has 2 fully saturated rings. The Morgan fingerprint density at radius 2 is 2.21 bits per heavy atom. The lowest BCUT2D eigenvalue weighted by atomic mass is 9.43. The van der Waals surface area contributed by atoms with E-state index < -0.39 is 0 Å². The Morgan fingerprint density at radius 3 is 2.96 bits per heavy atom. The number of carbonyl (C=O) groups is 1. The molecule has 4 heteroatoms. The monoisotopic (exact) mass is 320 g/mol. The van der Waals surface area contributed by atoms with Crippen LogP contribution in [-0.2, 0) is 11.8 Å². The summed E-state index contributed by atoms with van der Waals surface area (Å²) < 4.78 is 5.42. The highest BCUT2D eigenvalue weighted by atomic mass is 16.5. The molecule has 1 aromatic heterocycles. The number of likely N-dealkylation sites (tertiary alicyclic amines) is 1. The van der Waals surface area contributed by atoms with Crippen molar-refractivity contribution in [3.63, 3.8) is 0 Å². The molecular weight excluding hydrogens is 300 g/mol.